The molecule has 1 unspecified atom stereocenters. The molecule has 1 saturated heterocycles. The predicted octanol–water partition coefficient (Wildman–Crippen LogP) is 2.29. The van der Waals surface area contributed by atoms with Crippen LogP contribution in [0.4, 0.5) is 0 Å². The van der Waals surface area contributed by atoms with Gasteiger partial charge in [0.15, 0.2) is 0 Å². The molecule has 1 aromatic heterocycles. The van der Waals surface area contributed by atoms with Crippen LogP contribution in [0.15, 0.2) is 45.8 Å². The van der Waals surface area contributed by atoms with Crippen LogP contribution in [0.5, 0.6) is 5.75 Å². The smallest absolute Gasteiger partial charge is 0.267 e. The Morgan fingerprint density at radius 3 is 3.04 bits per heavy atom. The van der Waals surface area contributed by atoms with Crippen LogP contribution in [0.2, 0.25) is 0 Å². The highest BCUT2D eigenvalue weighted by molar-refractivity contribution is 9.10. The first-order valence-electron chi connectivity index (χ1n) is 7.37. The second-order valence-corrected chi connectivity index (χ2v) is 7.32. The number of nitrogens with zero attached hydrogens (tertiary/aromatic N) is 3. The maximum atomic E-state index is 12.7. The van der Waals surface area contributed by atoms with Crippen molar-refractivity contribution in [3.05, 3.63) is 56.9 Å². The average Bonchev–Trinajstić information content (AvgIpc) is 3.06. The van der Waals surface area contributed by atoms with Crippen LogP contribution in [-0.4, -0.2) is 40.0 Å². The minimum absolute atomic E-state index is 0.0624. The highest BCUT2D eigenvalue weighted by atomic mass is 79.9. The van der Waals surface area contributed by atoms with Crippen molar-refractivity contribution in [2.45, 2.75) is 11.9 Å². The Labute approximate surface area is 151 Å². The molecule has 8 heteroatoms. The van der Waals surface area contributed by atoms with Gasteiger partial charge < -0.3 is 9.64 Å². The number of amides is 1. The summed E-state index contributed by atoms with van der Waals surface area (Å²) in [6.45, 7) is 0.568. The molecule has 2 aromatic rings. The van der Waals surface area contributed by atoms with Gasteiger partial charge in [-0.2, -0.15) is 5.10 Å². The zero-order valence-electron chi connectivity index (χ0n) is 13.0. The SMILES string of the molecule is COc1ccc(Br)cc1C1SCCN1C(=O)Cn1ncccc1=O. The molecule has 1 fully saturated rings. The molecule has 0 saturated carbocycles. The summed E-state index contributed by atoms with van der Waals surface area (Å²) in [7, 11) is 1.62. The van der Waals surface area contributed by atoms with Crippen molar-refractivity contribution in [3.8, 4) is 5.75 Å². The topological polar surface area (TPSA) is 64.4 Å². The van der Waals surface area contributed by atoms with E-state index < -0.39 is 0 Å². The van der Waals surface area contributed by atoms with E-state index in [0.717, 1.165) is 21.5 Å². The lowest BCUT2D eigenvalue weighted by Gasteiger charge is -2.25. The molecule has 0 radical (unpaired) electrons. The Morgan fingerprint density at radius 2 is 2.29 bits per heavy atom. The fourth-order valence-electron chi connectivity index (χ4n) is 2.61. The molecule has 1 amide bonds. The monoisotopic (exact) mass is 409 g/mol. The Hall–Kier alpha value is -1.80. The molecule has 1 atom stereocenters. The summed E-state index contributed by atoms with van der Waals surface area (Å²) in [5, 5.41) is 3.82. The van der Waals surface area contributed by atoms with E-state index >= 15 is 0 Å². The highest BCUT2D eigenvalue weighted by Gasteiger charge is 2.32. The van der Waals surface area contributed by atoms with E-state index in [2.05, 4.69) is 21.0 Å². The first-order chi connectivity index (χ1) is 11.6. The second-order valence-electron chi connectivity index (χ2n) is 5.22. The molecular formula is C16H16BrN3O3S. The lowest BCUT2D eigenvalue weighted by molar-refractivity contribution is -0.132. The van der Waals surface area contributed by atoms with Gasteiger partial charge in [-0.1, -0.05) is 15.9 Å². The largest absolute Gasteiger partial charge is 0.496 e. The van der Waals surface area contributed by atoms with Crippen LogP contribution in [0, 0.1) is 0 Å². The predicted molar refractivity (Wildman–Crippen MR) is 96.1 cm³/mol. The molecule has 0 aliphatic carbocycles. The van der Waals surface area contributed by atoms with E-state index in [9.17, 15) is 9.59 Å². The van der Waals surface area contributed by atoms with Crippen LogP contribution in [0.25, 0.3) is 0 Å². The summed E-state index contributed by atoms with van der Waals surface area (Å²) in [6.07, 6.45) is 1.50. The van der Waals surface area contributed by atoms with E-state index in [4.69, 9.17) is 4.74 Å². The van der Waals surface area contributed by atoms with Gasteiger partial charge in [-0.3, -0.25) is 9.59 Å². The van der Waals surface area contributed by atoms with Crippen LogP contribution in [-0.2, 0) is 11.3 Å². The Kier molecular flexibility index (Phi) is 5.25. The van der Waals surface area contributed by atoms with Crippen molar-refractivity contribution < 1.29 is 9.53 Å². The summed E-state index contributed by atoms with van der Waals surface area (Å²) >= 11 is 5.15. The van der Waals surface area contributed by atoms with E-state index in [1.54, 1.807) is 29.8 Å². The van der Waals surface area contributed by atoms with Crippen LogP contribution in [0.3, 0.4) is 0 Å². The van der Waals surface area contributed by atoms with Gasteiger partial charge in [-0.05, 0) is 24.3 Å². The molecule has 3 rings (SSSR count). The lowest BCUT2D eigenvalue weighted by atomic mass is 10.2. The molecule has 1 aliphatic rings. The molecule has 0 bridgehead atoms. The van der Waals surface area contributed by atoms with Crippen molar-refractivity contribution in [1.82, 2.24) is 14.7 Å². The molecule has 126 valence electrons. The van der Waals surface area contributed by atoms with Gasteiger partial charge in [0.05, 0.1) is 7.11 Å². The standard InChI is InChI=1S/C16H16BrN3O3S/c1-23-13-5-4-11(17)9-12(13)16-19(7-8-24-16)15(22)10-20-14(21)3-2-6-18-20/h2-6,9,16H,7-8,10H2,1H3. The normalized spacial score (nSPS) is 17.1. The van der Waals surface area contributed by atoms with Crippen LogP contribution < -0.4 is 10.3 Å². The second kappa shape index (κ2) is 7.40. The molecule has 24 heavy (non-hydrogen) atoms. The number of rotatable bonds is 4. The zero-order chi connectivity index (χ0) is 17.1. The minimum Gasteiger partial charge on any atom is -0.496 e. The molecule has 2 heterocycles. The first kappa shape index (κ1) is 17.0. The number of benzene rings is 1. The minimum atomic E-state index is -0.283. The molecule has 6 nitrogen and oxygen atoms in total. The van der Waals surface area contributed by atoms with Gasteiger partial charge in [-0.15, -0.1) is 11.8 Å². The van der Waals surface area contributed by atoms with Crippen molar-refractivity contribution >= 4 is 33.6 Å². The summed E-state index contributed by atoms with van der Waals surface area (Å²) in [6, 6.07) is 8.71. The molecular weight excluding hydrogens is 394 g/mol. The fourth-order valence-corrected chi connectivity index (χ4v) is 4.28. The maximum Gasteiger partial charge on any atom is 0.267 e. The van der Waals surface area contributed by atoms with Crippen LogP contribution in [0.1, 0.15) is 10.9 Å². The van der Waals surface area contributed by atoms with Gasteiger partial charge in [0, 0.05) is 34.6 Å². The maximum absolute atomic E-state index is 12.7. The highest BCUT2D eigenvalue weighted by Crippen LogP contribution is 2.42. The summed E-state index contributed by atoms with van der Waals surface area (Å²) < 4.78 is 7.55. The Morgan fingerprint density at radius 1 is 1.46 bits per heavy atom. The third-order valence-corrected chi connectivity index (χ3v) is 5.48. The number of hydrogen-bond donors (Lipinski definition) is 0. The van der Waals surface area contributed by atoms with E-state index in [-0.39, 0.29) is 23.4 Å². The number of aromatic nitrogens is 2. The van der Waals surface area contributed by atoms with Gasteiger partial charge in [0.2, 0.25) is 5.91 Å². The summed E-state index contributed by atoms with van der Waals surface area (Å²) in [5.74, 6) is 1.45. The number of halogens is 1. The number of thioether (sulfide) groups is 1. The van der Waals surface area contributed by atoms with Crippen LogP contribution >= 0.6 is 27.7 Å². The van der Waals surface area contributed by atoms with Crippen molar-refractivity contribution in [2.75, 3.05) is 19.4 Å². The molecule has 1 aliphatic heterocycles. The van der Waals surface area contributed by atoms with Crippen molar-refractivity contribution in [2.24, 2.45) is 0 Å². The Balaban J connectivity index is 1.86. The average molecular weight is 410 g/mol. The number of carbonyl (C=O) groups is 1. The van der Waals surface area contributed by atoms with Gasteiger partial charge in [-0.25, -0.2) is 4.68 Å². The first-order valence-corrected chi connectivity index (χ1v) is 9.21. The number of methoxy groups -OCH3 is 1. The summed E-state index contributed by atoms with van der Waals surface area (Å²) in [5.41, 5.74) is 0.658. The number of carbonyl (C=O) groups excluding carboxylic acids is 1. The fraction of sp³-hybridized carbons (Fsp3) is 0.312. The number of ether oxygens (including phenoxy) is 1. The van der Waals surface area contributed by atoms with Crippen molar-refractivity contribution in [3.63, 3.8) is 0 Å². The number of hydrogen-bond acceptors (Lipinski definition) is 5. The zero-order valence-corrected chi connectivity index (χ0v) is 15.4. The molecule has 1 aromatic carbocycles. The van der Waals surface area contributed by atoms with Gasteiger partial charge >= 0.3 is 0 Å². The third kappa shape index (κ3) is 3.49. The third-order valence-electron chi connectivity index (χ3n) is 3.74. The summed E-state index contributed by atoms with van der Waals surface area (Å²) in [4.78, 5) is 26.2. The van der Waals surface area contributed by atoms with E-state index in [1.807, 2.05) is 18.2 Å². The lowest BCUT2D eigenvalue weighted by Crippen LogP contribution is -2.36. The Bertz CT molecular complexity index is 811. The van der Waals surface area contributed by atoms with E-state index in [0.29, 0.717) is 6.54 Å². The van der Waals surface area contributed by atoms with E-state index in [1.165, 1.54) is 16.9 Å². The molecule has 0 N–H and O–H groups in total. The van der Waals surface area contributed by atoms with Gasteiger partial charge in [0.25, 0.3) is 5.56 Å². The quantitative estimate of drug-likeness (QED) is 0.774. The van der Waals surface area contributed by atoms with Crippen molar-refractivity contribution in [1.29, 1.82) is 0 Å². The van der Waals surface area contributed by atoms with Gasteiger partial charge in [0.1, 0.15) is 17.7 Å². The molecule has 0 spiro atoms.